The largest absolute Gasteiger partial charge is 0.368 e. The summed E-state index contributed by atoms with van der Waals surface area (Å²) < 4.78 is 4.47. The molecule has 0 unspecified atom stereocenters. The highest BCUT2D eigenvalue weighted by molar-refractivity contribution is 7.09. The van der Waals surface area contributed by atoms with Gasteiger partial charge in [0.05, 0.1) is 4.92 Å². The van der Waals surface area contributed by atoms with Gasteiger partial charge < -0.3 is 9.80 Å². The zero-order chi connectivity index (χ0) is 15.8. The third-order valence-corrected chi connectivity index (χ3v) is 5.14. The second-order valence-corrected chi connectivity index (χ2v) is 6.69. The number of nitro groups is 1. The summed E-state index contributed by atoms with van der Waals surface area (Å²) in [5, 5.41) is 11.7. The van der Waals surface area contributed by atoms with Crippen LogP contribution in [0.4, 0.5) is 16.5 Å². The molecule has 1 saturated heterocycles. The Morgan fingerprint density at radius 3 is 2.35 bits per heavy atom. The summed E-state index contributed by atoms with van der Waals surface area (Å²) in [5.41, 5.74) is 1.17. The van der Waals surface area contributed by atoms with E-state index in [9.17, 15) is 10.1 Å². The van der Waals surface area contributed by atoms with Crippen LogP contribution >= 0.6 is 11.5 Å². The summed E-state index contributed by atoms with van der Waals surface area (Å²) in [4.78, 5) is 19.6. The fourth-order valence-corrected chi connectivity index (χ4v) is 3.60. The van der Waals surface area contributed by atoms with Crippen LogP contribution in [0.1, 0.15) is 24.6 Å². The van der Waals surface area contributed by atoms with Crippen LogP contribution in [0.3, 0.4) is 0 Å². The summed E-state index contributed by atoms with van der Waals surface area (Å²) in [6.45, 7) is 3.57. The van der Waals surface area contributed by atoms with Crippen molar-refractivity contribution in [1.82, 2.24) is 9.36 Å². The van der Waals surface area contributed by atoms with Gasteiger partial charge in [-0.2, -0.15) is 4.37 Å². The number of hydrogen-bond acceptors (Lipinski definition) is 7. The monoisotopic (exact) mass is 331 g/mol. The molecule has 0 N–H and O–H groups in total. The first kappa shape index (κ1) is 14.4. The molecule has 2 fully saturated rings. The SMILES string of the molecule is O=[N+]([O-])c1ccc(N2CCN(c3nc(C4CC4)ns3)CC2)cc1. The number of hydrogen-bond donors (Lipinski definition) is 0. The van der Waals surface area contributed by atoms with Crippen LogP contribution < -0.4 is 9.80 Å². The Labute approximate surface area is 137 Å². The van der Waals surface area contributed by atoms with Crippen LogP contribution in [0.15, 0.2) is 24.3 Å². The molecule has 1 aromatic heterocycles. The number of nitrogens with zero attached hydrogens (tertiary/aromatic N) is 5. The Hall–Kier alpha value is -2.22. The van der Waals surface area contributed by atoms with Gasteiger partial charge in [0.25, 0.3) is 5.69 Å². The molecule has 1 aliphatic carbocycles. The Kier molecular flexibility index (Phi) is 3.60. The van der Waals surface area contributed by atoms with Gasteiger partial charge in [0.15, 0.2) is 0 Å². The Morgan fingerprint density at radius 1 is 1.09 bits per heavy atom. The van der Waals surface area contributed by atoms with Gasteiger partial charge in [-0.05, 0) is 25.0 Å². The van der Waals surface area contributed by atoms with E-state index in [1.54, 1.807) is 12.1 Å². The third kappa shape index (κ3) is 2.98. The number of anilines is 2. The van der Waals surface area contributed by atoms with Crippen molar-refractivity contribution in [1.29, 1.82) is 0 Å². The fourth-order valence-electron chi connectivity index (χ4n) is 2.80. The number of aromatic nitrogens is 2. The summed E-state index contributed by atoms with van der Waals surface area (Å²) >= 11 is 1.50. The third-order valence-electron chi connectivity index (χ3n) is 4.35. The first-order chi connectivity index (χ1) is 11.2. The molecular formula is C15H17N5O2S. The lowest BCUT2D eigenvalue weighted by atomic mass is 10.2. The molecule has 7 nitrogen and oxygen atoms in total. The van der Waals surface area contributed by atoms with E-state index in [1.165, 1.54) is 24.4 Å². The van der Waals surface area contributed by atoms with Gasteiger partial charge in [0.1, 0.15) is 5.82 Å². The zero-order valence-corrected chi connectivity index (χ0v) is 13.4. The molecule has 0 bridgehead atoms. The van der Waals surface area contributed by atoms with E-state index in [0.717, 1.165) is 42.8 Å². The minimum atomic E-state index is -0.366. The van der Waals surface area contributed by atoms with Crippen LogP contribution in [-0.4, -0.2) is 40.5 Å². The van der Waals surface area contributed by atoms with E-state index in [1.807, 2.05) is 12.1 Å². The Balaban J connectivity index is 1.38. The number of rotatable bonds is 4. The van der Waals surface area contributed by atoms with Gasteiger partial charge in [-0.1, -0.05) is 0 Å². The molecule has 0 radical (unpaired) electrons. The van der Waals surface area contributed by atoms with E-state index in [0.29, 0.717) is 5.92 Å². The van der Waals surface area contributed by atoms with E-state index < -0.39 is 0 Å². The lowest BCUT2D eigenvalue weighted by Crippen LogP contribution is -2.46. The maximum Gasteiger partial charge on any atom is 0.269 e. The predicted octanol–water partition coefficient (Wildman–Crippen LogP) is 2.65. The summed E-state index contributed by atoms with van der Waals surface area (Å²) in [6, 6.07) is 6.77. The molecule has 2 aromatic rings. The maximum atomic E-state index is 10.7. The molecule has 0 atom stereocenters. The molecule has 2 aliphatic rings. The van der Waals surface area contributed by atoms with E-state index >= 15 is 0 Å². The summed E-state index contributed by atoms with van der Waals surface area (Å²) in [6.07, 6.45) is 2.45. The first-order valence-corrected chi connectivity index (χ1v) is 8.56. The molecule has 0 spiro atoms. The molecule has 2 heterocycles. The number of non-ortho nitro benzene ring substituents is 1. The van der Waals surface area contributed by atoms with Crippen molar-refractivity contribution in [3.63, 3.8) is 0 Å². The minimum Gasteiger partial charge on any atom is -0.368 e. The number of piperazine rings is 1. The average molecular weight is 331 g/mol. The van der Waals surface area contributed by atoms with Gasteiger partial charge >= 0.3 is 0 Å². The second-order valence-electron chi connectivity index (χ2n) is 5.96. The molecule has 23 heavy (non-hydrogen) atoms. The highest BCUT2D eigenvalue weighted by atomic mass is 32.1. The molecule has 0 amide bonds. The highest BCUT2D eigenvalue weighted by Gasteiger charge is 2.29. The van der Waals surface area contributed by atoms with E-state index in [4.69, 9.17) is 0 Å². The lowest BCUT2D eigenvalue weighted by molar-refractivity contribution is -0.384. The van der Waals surface area contributed by atoms with Crippen molar-refractivity contribution in [3.8, 4) is 0 Å². The Morgan fingerprint density at radius 2 is 1.74 bits per heavy atom. The topological polar surface area (TPSA) is 75.4 Å². The van der Waals surface area contributed by atoms with Crippen molar-refractivity contribution in [2.75, 3.05) is 36.0 Å². The minimum absolute atomic E-state index is 0.133. The quantitative estimate of drug-likeness (QED) is 0.633. The van der Waals surface area contributed by atoms with Gasteiger partial charge in [-0.3, -0.25) is 10.1 Å². The molecule has 8 heteroatoms. The molecule has 4 rings (SSSR count). The van der Waals surface area contributed by atoms with Crippen molar-refractivity contribution < 1.29 is 4.92 Å². The van der Waals surface area contributed by atoms with Gasteiger partial charge in [0, 0.05) is 61.4 Å². The molecule has 120 valence electrons. The predicted molar refractivity (Wildman–Crippen MR) is 89.4 cm³/mol. The fraction of sp³-hybridized carbons (Fsp3) is 0.467. The number of benzene rings is 1. The summed E-state index contributed by atoms with van der Waals surface area (Å²) in [7, 11) is 0. The highest BCUT2D eigenvalue weighted by Crippen LogP contribution is 2.39. The van der Waals surface area contributed by atoms with Crippen molar-refractivity contribution in [2.45, 2.75) is 18.8 Å². The van der Waals surface area contributed by atoms with E-state index in [-0.39, 0.29) is 10.6 Å². The van der Waals surface area contributed by atoms with Crippen molar-refractivity contribution in [3.05, 3.63) is 40.2 Å². The lowest BCUT2D eigenvalue weighted by Gasteiger charge is -2.35. The molecule has 1 aromatic carbocycles. The standard InChI is InChI=1S/C15H17N5O2S/c21-20(22)13-5-3-12(4-6-13)18-7-9-19(10-8-18)15-16-14(17-23-15)11-1-2-11/h3-6,11H,1-2,7-10H2. The van der Waals surface area contributed by atoms with Crippen LogP contribution in [0.5, 0.6) is 0 Å². The van der Waals surface area contributed by atoms with Gasteiger partial charge in [-0.25, -0.2) is 4.98 Å². The summed E-state index contributed by atoms with van der Waals surface area (Å²) in [5.74, 6) is 1.61. The molecule has 1 aliphatic heterocycles. The van der Waals surface area contributed by atoms with Gasteiger partial charge in [-0.15, -0.1) is 0 Å². The van der Waals surface area contributed by atoms with Crippen LogP contribution in [-0.2, 0) is 0 Å². The first-order valence-electron chi connectivity index (χ1n) is 7.78. The Bertz CT molecular complexity index is 705. The number of nitro benzene ring substituents is 1. The second kappa shape index (κ2) is 5.77. The zero-order valence-electron chi connectivity index (χ0n) is 12.6. The van der Waals surface area contributed by atoms with Gasteiger partial charge in [0.2, 0.25) is 5.13 Å². The maximum absolute atomic E-state index is 10.7. The molecule has 1 saturated carbocycles. The van der Waals surface area contributed by atoms with Crippen molar-refractivity contribution in [2.24, 2.45) is 0 Å². The van der Waals surface area contributed by atoms with Crippen molar-refractivity contribution >= 4 is 28.0 Å². The average Bonchev–Trinajstić information content (AvgIpc) is 3.32. The normalized spacial score (nSPS) is 18.3. The van der Waals surface area contributed by atoms with Crippen LogP contribution in [0, 0.1) is 10.1 Å². The van der Waals surface area contributed by atoms with Crippen LogP contribution in [0.25, 0.3) is 0 Å². The molecular weight excluding hydrogens is 314 g/mol. The van der Waals surface area contributed by atoms with E-state index in [2.05, 4.69) is 19.2 Å². The smallest absolute Gasteiger partial charge is 0.269 e. The van der Waals surface area contributed by atoms with Crippen LogP contribution in [0.2, 0.25) is 0 Å².